The zero-order valence-corrected chi connectivity index (χ0v) is 12.2. The van der Waals surface area contributed by atoms with Crippen LogP contribution >= 0.6 is 0 Å². The normalized spacial score (nSPS) is 16.1. The van der Waals surface area contributed by atoms with Crippen molar-refractivity contribution in [3.05, 3.63) is 36.7 Å². The smallest absolute Gasteiger partial charge is 0.247 e. The molecule has 1 amide bonds. The highest BCUT2D eigenvalue weighted by atomic mass is 16.2. The van der Waals surface area contributed by atoms with Crippen molar-refractivity contribution in [3.8, 4) is 11.1 Å². The summed E-state index contributed by atoms with van der Waals surface area (Å²) < 4.78 is 1.74. The summed E-state index contributed by atoms with van der Waals surface area (Å²) in [5.41, 5.74) is 8.52. The first kappa shape index (κ1) is 13.7. The number of anilines is 1. The molecule has 0 aliphatic carbocycles. The SMILES string of the molecule is CC(C(=O)N1CCCC1)n1cc(-c2cccc(N)c2)cn1. The van der Waals surface area contributed by atoms with Crippen LogP contribution in [0.2, 0.25) is 0 Å². The number of aromatic nitrogens is 2. The monoisotopic (exact) mass is 284 g/mol. The molecule has 0 bridgehead atoms. The van der Waals surface area contributed by atoms with Gasteiger partial charge in [0, 0.05) is 30.5 Å². The maximum absolute atomic E-state index is 12.4. The summed E-state index contributed by atoms with van der Waals surface area (Å²) in [6.07, 6.45) is 5.90. The molecule has 5 heteroatoms. The summed E-state index contributed by atoms with van der Waals surface area (Å²) in [6, 6.07) is 7.41. The van der Waals surface area contributed by atoms with E-state index in [1.54, 1.807) is 10.9 Å². The van der Waals surface area contributed by atoms with Gasteiger partial charge in [-0.05, 0) is 37.5 Å². The fourth-order valence-corrected chi connectivity index (χ4v) is 2.73. The highest BCUT2D eigenvalue weighted by Gasteiger charge is 2.24. The van der Waals surface area contributed by atoms with Crippen molar-refractivity contribution in [2.75, 3.05) is 18.8 Å². The molecule has 0 saturated carbocycles. The topological polar surface area (TPSA) is 64.2 Å². The van der Waals surface area contributed by atoms with Gasteiger partial charge < -0.3 is 10.6 Å². The van der Waals surface area contributed by atoms with Gasteiger partial charge in [0.1, 0.15) is 6.04 Å². The van der Waals surface area contributed by atoms with Crippen LogP contribution in [-0.2, 0) is 4.79 Å². The summed E-state index contributed by atoms with van der Waals surface area (Å²) in [7, 11) is 0. The minimum absolute atomic E-state index is 0.148. The average molecular weight is 284 g/mol. The van der Waals surface area contributed by atoms with Crippen LogP contribution in [0.3, 0.4) is 0 Å². The standard InChI is InChI=1S/C16H20N4O/c1-12(16(21)19-7-2-3-8-19)20-11-14(10-18-20)13-5-4-6-15(17)9-13/h4-6,9-12H,2-3,7-8,17H2,1H3. The Bertz CT molecular complexity index is 643. The maximum Gasteiger partial charge on any atom is 0.247 e. The molecule has 1 atom stereocenters. The van der Waals surface area contributed by atoms with Gasteiger partial charge in [-0.3, -0.25) is 9.48 Å². The zero-order chi connectivity index (χ0) is 14.8. The third-order valence-corrected chi connectivity index (χ3v) is 3.99. The number of benzene rings is 1. The second kappa shape index (κ2) is 5.60. The number of rotatable bonds is 3. The number of amides is 1. The predicted octanol–water partition coefficient (Wildman–Crippen LogP) is 2.32. The van der Waals surface area contributed by atoms with Crippen LogP contribution in [0.25, 0.3) is 11.1 Å². The number of carbonyl (C=O) groups excluding carboxylic acids is 1. The summed E-state index contributed by atoms with van der Waals surface area (Å²) >= 11 is 0. The minimum Gasteiger partial charge on any atom is -0.399 e. The van der Waals surface area contributed by atoms with Gasteiger partial charge in [0.2, 0.25) is 5.91 Å². The Balaban J connectivity index is 1.79. The Morgan fingerprint density at radius 2 is 2.05 bits per heavy atom. The lowest BCUT2D eigenvalue weighted by molar-refractivity contribution is -0.133. The number of nitrogens with zero attached hydrogens (tertiary/aromatic N) is 3. The van der Waals surface area contributed by atoms with Crippen molar-refractivity contribution in [1.82, 2.24) is 14.7 Å². The molecule has 5 nitrogen and oxygen atoms in total. The molecule has 1 aliphatic heterocycles. The Morgan fingerprint density at radius 1 is 1.29 bits per heavy atom. The van der Waals surface area contributed by atoms with E-state index < -0.39 is 0 Å². The molecule has 110 valence electrons. The molecule has 1 saturated heterocycles. The van der Waals surface area contributed by atoms with Crippen molar-refractivity contribution < 1.29 is 4.79 Å². The predicted molar refractivity (Wildman–Crippen MR) is 82.6 cm³/mol. The largest absolute Gasteiger partial charge is 0.399 e. The minimum atomic E-state index is -0.266. The van der Waals surface area contributed by atoms with E-state index in [0.29, 0.717) is 0 Å². The second-order valence-electron chi connectivity index (χ2n) is 5.54. The van der Waals surface area contributed by atoms with Crippen molar-refractivity contribution in [3.63, 3.8) is 0 Å². The lowest BCUT2D eigenvalue weighted by Crippen LogP contribution is -2.34. The number of nitrogens with two attached hydrogens (primary N) is 1. The first-order valence-corrected chi connectivity index (χ1v) is 7.34. The van der Waals surface area contributed by atoms with Gasteiger partial charge in [-0.15, -0.1) is 0 Å². The van der Waals surface area contributed by atoms with Gasteiger partial charge in [0.25, 0.3) is 0 Å². The number of carbonyl (C=O) groups is 1. The highest BCUT2D eigenvalue weighted by molar-refractivity contribution is 5.80. The van der Waals surface area contributed by atoms with E-state index >= 15 is 0 Å². The van der Waals surface area contributed by atoms with Crippen LogP contribution in [0.1, 0.15) is 25.8 Å². The molecular weight excluding hydrogens is 264 g/mol. The lowest BCUT2D eigenvalue weighted by Gasteiger charge is -2.20. The fraction of sp³-hybridized carbons (Fsp3) is 0.375. The van der Waals surface area contributed by atoms with E-state index in [2.05, 4.69) is 5.10 Å². The summed E-state index contributed by atoms with van der Waals surface area (Å²) in [5.74, 6) is 0.148. The van der Waals surface area contributed by atoms with Crippen LogP contribution in [-0.4, -0.2) is 33.7 Å². The Kier molecular flexibility index (Phi) is 3.64. The molecule has 3 rings (SSSR count). The van der Waals surface area contributed by atoms with Gasteiger partial charge in [-0.25, -0.2) is 0 Å². The molecule has 2 N–H and O–H groups in total. The maximum atomic E-state index is 12.4. The van der Waals surface area contributed by atoms with Crippen molar-refractivity contribution in [1.29, 1.82) is 0 Å². The van der Waals surface area contributed by atoms with Gasteiger partial charge in [0.05, 0.1) is 6.20 Å². The molecule has 1 unspecified atom stereocenters. The van der Waals surface area contributed by atoms with E-state index in [1.807, 2.05) is 42.3 Å². The van der Waals surface area contributed by atoms with Gasteiger partial charge in [0.15, 0.2) is 0 Å². The first-order valence-electron chi connectivity index (χ1n) is 7.34. The number of nitrogen functional groups attached to an aromatic ring is 1. The van der Waals surface area contributed by atoms with Crippen LogP contribution < -0.4 is 5.73 Å². The first-order chi connectivity index (χ1) is 10.1. The molecule has 1 aromatic carbocycles. The van der Waals surface area contributed by atoms with Crippen LogP contribution in [0.4, 0.5) is 5.69 Å². The quantitative estimate of drug-likeness (QED) is 0.880. The number of likely N-dealkylation sites (tertiary alicyclic amines) is 1. The number of hydrogen-bond donors (Lipinski definition) is 1. The van der Waals surface area contributed by atoms with Crippen molar-refractivity contribution >= 4 is 11.6 Å². The van der Waals surface area contributed by atoms with E-state index in [1.165, 1.54) is 0 Å². The molecule has 2 aromatic rings. The van der Waals surface area contributed by atoms with Gasteiger partial charge >= 0.3 is 0 Å². The third-order valence-electron chi connectivity index (χ3n) is 3.99. The van der Waals surface area contributed by atoms with Gasteiger partial charge in [-0.1, -0.05) is 12.1 Å². The molecule has 1 fully saturated rings. The Morgan fingerprint density at radius 3 is 2.76 bits per heavy atom. The fourth-order valence-electron chi connectivity index (χ4n) is 2.73. The van der Waals surface area contributed by atoms with Crippen LogP contribution in [0.5, 0.6) is 0 Å². The summed E-state index contributed by atoms with van der Waals surface area (Å²) in [4.78, 5) is 14.3. The third kappa shape index (κ3) is 2.77. The average Bonchev–Trinajstić information content (AvgIpc) is 3.17. The Labute approximate surface area is 124 Å². The van der Waals surface area contributed by atoms with E-state index in [4.69, 9.17) is 5.73 Å². The van der Waals surface area contributed by atoms with Crippen molar-refractivity contribution in [2.24, 2.45) is 0 Å². The van der Waals surface area contributed by atoms with E-state index in [-0.39, 0.29) is 11.9 Å². The second-order valence-corrected chi connectivity index (χ2v) is 5.54. The molecule has 2 heterocycles. The Hall–Kier alpha value is -2.30. The van der Waals surface area contributed by atoms with E-state index in [9.17, 15) is 4.79 Å². The zero-order valence-electron chi connectivity index (χ0n) is 12.2. The van der Waals surface area contributed by atoms with Crippen LogP contribution in [0.15, 0.2) is 36.7 Å². The van der Waals surface area contributed by atoms with E-state index in [0.717, 1.165) is 42.7 Å². The summed E-state index contributed by atoms with van der Waals surface area (Å²) in [5, 5.41) is 4.34. The molecule has 0 spiro atoms. The van der Waals surface area contributed by atoms with Crippen LogP contribution in [0, 0.1) is 0 Å². The molecular formula is C16H20N4O. The highest BCUT2D eigenvalue weighted by Crippen LogP contribution is 2.23. The molecule has 1 aromatic heterocycles. The summed E-state index contributed by atoms with van der Waals surface area (Å²) in [6.45, 7) is 3.63. The van der Waals surface area contributed by atoms with Gasteiger partial charge in [-0.2, -0.15) is 5.10 Å². The molecule has 1 aliphatic rings. The molecule has 21 heavy (non-hydrogen) atoms. The van der Waals surface area contributed by atoms with Crippen molar-refractivity contribution in [2.45, 2.75) is 25.8 Å². The number of hydrogen-bond acceptors (Lipinski definition) is 3. The molecule has 0 radical (unpaired) electrons. The lowest BCUT2D eigenvalue weighted by atomic mass is 10.1.